The molecule has 0 aromatic heterocycles. The minimum absolute atomic E-state index is 0.0157. The van der Waals surface area contributed by atoms with E-state index in [0.29, 0.717) is 51.6 Å². The van der Waals surface area contributed by atoms with Crippen molar-refractivity contribution in [2.24, 2.45) is 23.7 Å². The van der Waals surface area contributed by atoms with Crippen molar-refractivity contribution < 1.29 is 62.4 Å². The molecule has 1 heterocycles. The first-order valence-electron chi connectivity index (χ1n) is 27.3. The Morgan fingerprint density at radius 2 is 1.48 bits per heavy atom. The predicted octanol–water partition coefficient (Wildman–Crippen LogP) is 4.69. The number of ether oxygens (including phenoxy) is 5. The van der Waals surface area contributed by atoms with Crippen LogP contribution in [0.15, 0.2) is 30.3 Å². The molecule has 1 saturated heterocycles. The van der Waals surface area contributed by atoms with Gasteiger partial charge in [0, 0.05) is 60.7 Å². The standard InChI is InChI=1S/C56H96N6O13/c1-15-38(7)52(61(11)56(70)50(36(3)4)59-55(69)51(37(5)6)60(9)10)45(71-12)33-47(66)62-31-23-26-43(62)53(73-14)39(8)54(68)58-42(32-40-24-18-17-19-25-40)44(64)27-20-21-30-57-46(65)28-22-29-48(67)74-35-49(72-13)75-41(16-2)34-63/h17-19,24-25,36-39,41-43,45,49-53,63H,15-16,20-23,26-35H2,1-14H3,(H,57,65)(H,58,68)(H,59,69)/t38-,39+,41?,42-,43-,45+,49?,50-,51-,52-,53+/m0/s1. The Morgan fingerprint density at radius 1 is 0.800 bits per heavy atom. The topological polar surface area (TPSA) is 232 Å². The van der Waals surface area contributed by atoms with Gasteiger partial charge in [0.1, 0.15) is 12.6 Å². The van der Waals surface area contributed by atoms with Crippen LogP contribution in [0, 0.1) is 23.7 Å². The highest BCUT2D eigenvalue weighted by atomic mass is 16.7. The first-order chi connectivity index (χ1) is 35.6. The van der Waals surface area contributed by atoms with Gasteiger partial charge in [-0.2, -0.15) is 0 Å². The molecule has 0 aliphatic carbocycles. The number of hydrogen-bond donors (Lipinski definition) is 4. The van der Waals surface area contributed by atoms with Gasteiger partial charge in [0.05, 0.1) is 61.4 Å². The molecule has 11 atom stereocenters. The van der Waals surface area contributed by atoms with E-state index in [2.05, 4.69) is 16.0 Å². The molecule has 19 nitrogen and oxygen atoms in total. The summed E-state index contributed by atoms with van der Waals surface area (Å²) in [6.45, 7) is 15.9. The molecule has 0 radical (unpaired) electrons. The van der Waals surface area contributed by atoms with Crippen LogP contribution < -0.4 is 16.0 Å². The number of Topliss-reactive ketones (excluding diaryl/α,β-unsaturated/α-hetero) is 1. The fourth-order valence-electron chi connectivity index (χ4n) is 10.00. The van der Waals surface area contributed by atoms with E-state index in [0.717, 1.165) is 5.56 Å². The summed E-state index contributed by atoms with van der Waals surface area (Å²) in [5, 5.41) is 18.2. The molecule has 0 bridgehead atoms. The Balaban J connectivity index is 2.10. The van der Waals surface area contributed by atoms with Crippen LogP contribution in [-0.2, 0) is 63.7 Å². The van der Waals surface area contributed by atoms with Crippen LogP contribution in [0.5, 0.6) is 0 Å². The van der Waals surface area contributed by atoms with Crippen molar-refractivity contribution in [3.05, 3.63) is 35.9 Å². The average Bonchev–Trinajstić information content (AvgIpc) is 3.87. The molecule has 0 saturated carbocycles. The van der Waals surface area contributed by atoms with E-state index in [4.69, 9.17) is 23.7 Å². The number of aliphatic hydroxyl groups is 1. The number of amides is 5. The molecule has 0 spiro atoms. The second-order valence-electron chi connectivity index (χ2n) is 21.0. The Morgan fingerprint density at radius 3 is 2.04 bits per heavy atom. The number of rotatable bonds is 37. The molecule has 19 heteroatoms. The number of carbonyl (C=O) groups excluding carboxylic acids is 7. The Kier molecular flexibility index (Phi) is 31.1. The molecule has 1 aromatic carbocycles. The number of esters is 1. The van der Waals surface area contributed by atoms with Gasteiger partial charge in [-0.15, -0.1) is 0 Å². The highest BCUT2D eigenvalue weighted by molar-refractivity contribution is 5.91. The third-order valence-electron chi connectivity index (χ3n) is 14.5. The van der Waals surface area contributed by atoms with Crippen LogP contribution in [0.2, 0.25) is 0 Å². The maximum absolute atomic E-state index is 14.5. The largest absolute Gasteiger partial charge is 0.460 e. The molecule has 1 fully saturated rings. The van der Waals surface area contributed by atoms with Crippen molar-refractivity contribution in [2.75, 3.05) is 68.8 Å². The third-order valence-corrected chi connectivity index (χ3v) is 14.5. The van der Waals surface area contributed by atoms with E-state index in [9.17, 15) is 38.7 Å². The SMILES string of the molecule is CCC(CO)OC(COC(=O)CCCC(=O)NCCCCC(=O)[C@H](Cc1ccccc1)NC(=O)[C@H](C)[C@@H](OC)[C@@H]1CCCN1C(=O)C[C@@H](OC)[C@H]([C@@H](C)CC)N(C)C(=O)[C@@H](NC(=O)[C@H](C(C)C)N(C)C)C(C)C)OC. The number of methoxy groups -OCH3 is 3. The Hall–Kier alpha value is -4.53. The van der Waals surface area contributed by atoms with E-state index < -0.39 is 66.7 Å². The maximum Gasteiger partial charge on any atom is 0.305 e. The number of likely N-dealkylation sites (tertiary alicyclic amines) is 1. The van der Waals surface area contributed by atoms with Crippen LogP contribution in [0.4, 0.5) is 0 Å². The lowest BCUT2D eigenvalue weighted by atomic mass is 9.89. The zero-order chi connectivity index (χ0) is 56.4. The smallest absolute Gasteiger partial charge is 0.305 e. The lowest BCUT2D eigenvalue weighted by molar-refractivity contribution is -0.194. The van der Waals surface area contributed by atoms with Gasteiger partial charge in [-0.3, -0.25) is 38.5 Å². The molecule has 428 valence electrons. The van der Waals surface area contributed by atoms with Gasteiger partial charge in [0.25, 0.3) is 0 Å². The van der Waals surface area contributed by atoms with Crippen LogP contribution in [0.3, 0.4) is 0 Å². The van der Waals surface area contributed by atoms with E-state index in [1.165, 1.54) is 14.2 Å². The number of likely N-dealkylation sites (N-methyl/N-ethyl adjacent to an activating group) is 2. The van der Waals surface area contributed by atoms with Crippen LogP contribution >= 0.6 is 0 Å². The minimum Gasteiger partial charge on any atom is -0.460 e. The summed E-state index contributed by atoms with van der Waals surface area (Å²) in [5.74, 6) is -2.96. The molecule has 5 amide bonds. The maximum atomic E-state index is 14.5. The molecule has 2 unspecified atom stereocenters. The zero-order valence-electron chi connectivity index (χ0n) is 47.9. The first-order valence-corrected chi connectivity index (χ1v) is 27.3. The molecule has 75 heavy (non-hydrogen) atoms. The Bertz CT molecular complexity index is 1880. The summed E-state index contributed by atoms with van der Waals surface area (Å²) < 4.78 is 28.1. The van der Waals surface area contributed by atoms with Crippen molar-refractivity contribution >= 4 is 41.3 Å². The summed E-state index contributed by atoms with van der Waals surface area (Å²) in [7, 11) is 9.89. The van der Waals surface area contributed by atoms with Gasteiger partial charge in [-0.25, -0.2) is 0 Å². The van der Waals surface area contributed by atoms with E-state index >= 15 is 0 Å². The fourth-order valence-corrected chi connectivity index (χ4v) is 10.00. The number of hydrogen-bond acceptors (Lipinski definition) is 14. The van der Waals surface area contributed by atoms with Crippen molar-refractivity contribution in [2.45, 2.75) is 187 Å². The number of aliphatic hydroxyl groups excluding tert-OH is 1. The van der Waals surface area contributed by atoms with Crippen LogP contribution in [-0.4, -0.2) is 185 Å². The average molecular weight is 1060 g/mol. The lowest BCUT2D eigenvalue weighted by Crippen LogP contribution is -2.59. The van der Waals surface area contributed by atoms with Crippen molar-refractivity contribution in [1.29, 1.82) is 0 Å². The molecular weight excluding hydrogens is 965 g/mol. The molecule has 1 aliphatic rings. The zero-order valence-corrected chi connectivity index (χ0v) is 47.9. The molecular formula is C56H96N6O13. The van der Waals surface area contributed by atoms with Crippen molar-refractivity contribution in [3.63, 3.8) is 0 Å². The minimum atomic E-state index is -0.836. The van der Waals surface area contributed by atoms with Crippen LogP contribution in [0.1, 0.15) is 132 Å². The summed E-state index contributed by atoms with van der Waals surface area (Å²) >= 11 is 0. The van der Waals surface area contributed by atoms with Gasteiger partial charge < -0.3 is 54.5 Å². The fraction of sp³-hybridized carbons (Fsp3) is 0.768. The summed E-state index contributed by atoms with van der Waals surface area (Å²) in [4.78, 5) is 101. The van der Waals surface area contributed by atoms with Gasteiger partial charge in [0.2, 0.25) is 29.5 Å². The molecule has 1 aliphatic heterocycles. The van der Waals surface area contributed by atoms with Crippen molar-refractivity contribution in [1.82, 2.24) is 30.7 Å². The number of carbonyl (C=O) groups is 7. The normalized spacial score (nSPS) is 17.8. The van der Waals surface area contributed by atoms with Gasteiger partial charge in [0.15, 0.2) is 12.1 Å². The van der Waals surface area contributed by atoms with Crippen molar-refractivity contribution in [3.8, 4) is 0 Å². The number of nitrogens with one attached hydrogen (secondary N) is 3. The highest BCUT2D eigenvalue weighted by Gasteiger charge is 2.43. The number of ketones is 1. The number of benzene rings is 1. The predicted molar refractivity (Wildman–Crippen MR) is 287 cm³/mol. The lowest BCUT2D eigenvalue weighted by Gasteiger charge is -2.41. The summed E-state index contributed by atoms with van der Waals surface area (Å²) in [5.41, 5.74) is 0.874. The van der Waals surface area contributed by atoms with Gasteiger partial charge >= 0.3 is 5.97 Å². The monoisotopic (exact) mass is 1060 g/mol. The van der Waals surface area contributed by atoms with Gasteiger partial charge in [-0.1, -0.05) is 92.1 Å². The second kappa shape index (κ2) is 35.0. The van der Waals surface area contributed by atoms with Gasteiger partial charge in [-0.05, 0) is 82.4 Å². The first kappa shape index (κ1) is 66.6. The highest BCUT2D eigenvalue weighted by Crippen LogP contribution is 2.30. The van der Waals surface area contributed by atoms with E-state index in [1.54, 1.807) is 30.9 Å². The number of unbranched alkanes of at least 4 members (excludes halogenated alkanes) is 1. The quantitative estimate of drug-likeness (QED) is 0.0403. The summed E-state index contributed by atoms with van der Waals surface area (Å²) in [6, 6.07) is 6.42. The molecule has 2 rings (SSSR count). The summed E-state index contributed by atoms with van der Waals surface area (Å²) in [6.07, 6.45) is 1.75. The number of nitrogens with zero attached hydrogens (tertiary/aromatic N) is 3. The Labute approximate surface area is 448 Å². The second-order valence-corrected chi connectivity index (χ2v) is 21.0. The van der Waals surface area contributed by atoms with E-state index in [-0.39, 0.29) is 105 Å². The van der Waals surface area contributed by atoms with E-state index in [1.807, 2.05) is 97.8 Å². The molecule has 1 aromatic rings. The third kappa shape index (κ3) is 21.8. The molecule has 4 N–H and O–H groups in total. The van der Waals surface area contributed by atoms with Crippen LogP contribution in [0.25, 0.3) is 0 Å².